The van der Waals surface area contributed by atoms with Crippen molar-refractivity contribution in [1.29, 1.82) is 0 Å². The summed E-state index contributed by atoms with van der Waals surface area (Å²) in [7, 11) is 2.06. The molecule has 1 saturated heterocycles. The second-order valence-electron chi connectivity index (χ2n) is 2.15. The molecule has 1 aliphatic heterocycles. The molecular formula is C5H11NO. The third-order valence-corrected chi connectivity index (χ3v) is 1.15. The molecule has 1 rings (SSSR count). The SMILES string of the molecule is CC1CN(C)CO1. The maximum atomic E-state index is 5.19. The molecule has 7 heavy (non-hydrogen) atoms. The van der Waals surface area contributed by atoms with Gasteiger partial charge in [0, 0.05) is 6.54 Å². The Morgan fingerprint density at radius 3 is 2.57 bits per heavy atom. The van der Waals surface area contributed by atoms with E-state index in [1.807, 2.05) is 0 Å². The number of nitrogens with zero attached hydrogens (tertiary/aromatic N) is 1. The van der Waals surface area contributed by atoms with E-state index in [0.29, 0.717) is 6.10 Å². The van der Waals surface area contributed by atoms with Gasteiger partial charge in [-0.2, -0.15) is 0 Å². The first-order valence-electron chi connectivity index (χ1n) is 2.59. The molecule has 2 nitrogen and oxygen atoms in total. The van der Waals surface area contributed by atoms with Crippen LogP contribution in [0.5, 0.6) is 0 Å². The van der Waals surface area contributed by atoms with Gasteiger partial charge in [0.2, 0.25) is 0 Å². The van der Waals surface area contributed by atoms with Crippen LogP contribution in [0.15, 0.2) is 0 Å². The predicted octanol–water partition coefficient (Wildman–Crippen LogP) is 0.294. The largest absolute Gasteiger partial charge is 0.362 e. The van der Waals surface area contributed by atoms with Gasteiger partial charge in [-0.3, -0.25) is 4.90 Å². The van der Waals surface area contributed by atoms with Gasteiger partial charge in [0.05, 0.1) is 12.8 Å². The molecule has 0 radical (unpaired) electrons. The lowest BCUT2D eigenvalue weighted by Crippen LogP contribution is -2.14. The fourth-order valence-electron chi connectivity index (χ4n) is 0.799. The number of rotatable bonds is 0. The van der Waals surface area contributed by atoms with Gasteiger partial charge < -0.3 is 4.74 Å². The highest BCUT2D eigenvalue weighted by molar-refractivity contribution is 4.60. The van der Waals surface area contributed by atoms with Crippen molar-refractivity contribution in [3.63, 3.8) is 0 Å². The van der Waals surface area contributed by atoms with E-state index < -0.39 is 0 Å². The second kappa shape index (κ2) is 1.80. The first kappa shape index (κ1) is 5.06. The maximum Gasteiger partial charge on any atom is 0.0992 e. The number of ether oxygens (including phenoxy) is 1. The average Bonchev–Trinajstić information content (AvgIpc) is 1.87. The summed E-state index contributed by atoms with van der Waals surface area (Å²) in [5.41, 5.74) is 0. The molecule has 2 heteroatoms. The van der Waals surface area contributed by atoms with E-state index in [1.165, 1.54) is 0 Å². The minimum atomic E-state index is 0.449. The lowest BCUT2D eigenvalue weighted by atomic mass is 10.4. The molecule has 0 aromatic rings. The maximum absolute atomic E-state index is 5.19. The summed E-state index contributed by atoms with van der Waals surface area (Å²) in [6, 6.07) is 0. The number of hydrogen-bond donors (Lipinski definition) is 0. The molecule has 1 fully saturated rings. The highest BCUT2D eigenvalue weighted by atomic mass is 16.5. The van der Waals surface area contributed by atoms with Crippen molar-refractivity contribution in [3.8, 4) is 0 Å². The van der Waals surface area contributed by atoms with Crippen LogP contribution in [0.4, 0.5) is 0 Å². The Labute approximate surface area is 44.1 Å². The second-order valence-corrected chi connectivity index (χ2v) is 2.15. The summed E-state index contributed by atoms with van der Waals surface area (Å²) in [6.07, 6.45) is 0.449. The monoisotopic (exact) mass is 101 g/mol. The minimum absolute atomic E-state index is 0.449. The summed E-state index contributed by atoms with van der Waals surface area (Å²) >= 11 is 0. The Bertz CT molecular complexity index is 57.1. The highest BCUT2D eigenvalue weighted by Gasteiger charge is 2.13. The molecule has 1 unspecified atom stereocenters. The molecule has 1 atom stereocenters. The fraction of sp³-hybridized carbons (Fsp3) is 1.00. The fourth-order valence-corrected chi connectivity index (χ4v) is 0.799. The van der Waals surface area contributed by atoms with Crippen LogP contribution < -0.4 is 0 Å². The molecule has 0 aliphatic carbocycles. The van der Waals surface area contributed by atoms with E-state index in [1.54, 1.807) is 0 Å². The Hall–Kier alpha value is -0.0800. The van der Waals surface area contributed by atoms with E-state index in [4.69, 9.17) is 4.74 Å². The zero-order valence-corrected chi connectivity index (χ0v) is 4.85. The Morgan fingerprint density at radius 2 is 2.43 bits per heavy atom. The summed E-state index contributed by atoms with van der Waals surface area (Å²) in [6.45, 7) is 3.98. The third-order valence-electron chi connectivity index (χ3n) is 1.15. The number of hydrogen-bond acceptors (Lipinski definition) is 2. The quantitative estimate of drug-likeness (QED) is 0.435. The van der Waals surface area contributed by atoms with Crippen molar-refractivity contribution in [2.45, 2.75) is 13.0 Å². The van der Waals surface area contributed by atoms with Crippen molar-refractivity contribution < 1.29 is 4.74 Å². The average molecular weight is 101 g/mol. The molecule has 0 amide bonds. The van der Waals surface area contributed by atoms with E-state index >= 15 is 0 Å². The summed E-state index contributed by atoms with van der Waals surface area (Å²) in [5, 5.41) is 0. The van der Waals surface area contributed by atoms with Crippen LogP contribution in [0.2, 0.25) is 0 Å². The standard InChI is InChI=1S/C5H11NO/c1-5-3-6(2)4-7-5/h5H,3-4H2,1-2H3. The van der Waals surface area contributed by atoms with Crippen molar-refractivity contribution in [2.24, 2.45) is 0 Å². The van der Waals surface area contributed by atoms with Crippen molar-refractivity contribution in [3.05, 3.63) is 0 Å². The van der Waals surface area contributed by atoms with Crippen LogP contribution in [0, 0.1) is 0 Å². The molecule has 0 spiro atoms. The van der Waals surface area contributed by atoms with Crippen LogP contribution in [0.3, 0.4) is 0 Å². The van der Waals surface area contributed by atoms with Crippen LogP contribution in [-0.2, 0) is 4.74 Å². The van der Waals surface area contributed by atoms with Gasteiger partial charge >= 0.3 is 0 Å². The molecule has 1 aliphatic rings. The van der Waals surface area contributed by atoms with Gasteiger partial charge in [-0.05, 0) is 14.0 Å². The molecular weight excluding hydrogens is 90.1 g/mol. The molecule has 0 N–H and O–H groups in total. The van der Waals surface area contributed by atoms with Gasteiger partial charge in [0.1, 0.15) is 0 Å². The Balaban J connectivity index is 2.26. The summed E-state index contributed by atoms with van der Waals surface area (Å²) in [5.74, 6) is 0. The Kier molecular flexibility index (Phi) is 1.30. The first-order chi connectivity index (χ1) is 3.29. The van der Waals surface area contributed by atoms with Gasteiger partial charge in [0.15, 0.2) is 0 Å². The molecule has 0 aromatic heterocycles. The lowest BCUT2D eigenvalue weighted by molar-refractivity contribution is 0.106. The van der Waals surface area contributed by atoms with E-state index in [9.17, 15) is 0 Å². The minimum Gasteiger partial charge on any atom is -0.362 e. The van der Waals surface area contributed by atoms with Crippen molar-refractivity contribution in [1.82, 2.24) is 4.90 Å². The van der Waals surface area contributed by atoms with Crippen LogP contribution in [0.25, 0.3) is 0 Å². The van der Waals surface area contributed by atoms with Crippen LogP contribution in [-0.4, -0.2) is 31.3 Å². The smallest absolute Gasteiger partial charge is 0.0992 e. The topological polar surface area (TPSA) is 12.5 Å². The first-order valence-corrected chi connectivity index (χ1v) is 2.59. The van der Waals surface area contributed by atoms with Gasteiger partial charge in [-0.15, -0.1) is 0 Å². The molecule has 42 valence electrons. The normalized spacial score (nSPS) is 34.3. The predicted molar refractivity (Wildman–Crippen MR) is 28.0 cm³/mol. The molecule has 1 heterocycles. The summed E-state index contributed by atoms with van der Waals surface area (Å²) in [4.78, 5) is 2.16. The van der Waals surface area contributed by atoms with Crippen LogP contribution in [0.1, 0.15) is 6.92 Å². The van der Waals surface area contributed by atoms with E-state index in [-0.39, 0.29) is 0 Å². The van der Waals surface area contributed by atoms with E-state index in [0.717, 1.165) is 13.3 Å². The molecule has 0 saturated carbocycles. The molecule has 0 bridgehead atoms. The van der Waals surface area contributed by atoms with Crippen LogP contribution >= 0.6 is 0 Å². The highest BCUT2D eigenvalue weighted by Crippen LogP contribution is 2.02. The van der Waals surface area contributed by atoms with E-state index in [2.05, 4.69) is 18.9 Å². The van der Waals surface area contributed by atoms with Gasteiger partial charge in [0.25, 0.3) is 0 Å². The Morgan fingerprint density at radius 1 is 1.71 bits per heavy atom. The number of likely N-dealkylation sites (N-methyl/N-ethyl adjacent to an activating group) is 1. The summed E-state index contributed by atoms with van der Waals surface area (Å²) < 4.78 is 5.19. The lowest BCUT2D eigenvalue weighted by Gasteiger charge is -1.99. The van der Waals surface area contributed by atoms with Crippen molar-refractivity contribution >= 4 is 0 Å². The van der Waals surface area contributed by atoms with Gasteiger partial charge in [-0.25, -0.2) is 0 Å². The zero-order valence-electron chi connectivity index (χ0n) is 4.85. The third kappa shape index (κ3) is 1.14. The zero-order chi connectivity index (χ0) is 5.28. The molecule has 0 aromatic carbocycles. The van der Waals surface area contributed by atoms with Crippen molar-refractivity contribution in [2.75, 3.05) is 20.3 Å². The van der Waals surface area contributed by atoms with Gasteiger partial charge in [-0.1, -0.05) is 0 Å².